The predicted molar refractivity (Wildman–Crippen MR) is 133 cm³/mol. The molecule has 7 nitrogen and oxygen atoms in total. The lowest BCUT2D eigenvalue weighted by Gasteiger charge is -2.18. The number of fused-ring (bicyclic) bond motifs is 1. The quantitative estimate of drug-likeness (QED) is 0.386. The molecule has 35 heavy (non-hydrogen) atoms. The average molecular weight is 488 g/mol. The van der Waals surface area contributed by atoms with Crippen molar-refractivity contribution < 1.29 is 19.4 Å². The zero-order valence-corrected chi connectivity index (χ0v) is 19.8. The molecule has 176 valence electrons. The Balaban J connectivity index is 1.42. The van der Waals surface area contributed by atoms with Gasteiger partial charge in [-0.3, -0.25) is 4.99 Å². The fourth-order valence-electron chi connectivity index (χ4n) is 4.08. The lowest BCUT2D eigenvalue weighted by atomic mass is 9.98. The van der Waals surface area contributed by atoms with Crippen LogP contribution in [-0.4, -0.2) is 33.5 Å². The maximum Gasteiger partial charge on any atom is 0.336 e. The van der Waals surface area contributed by atoms with Crippen molar-refractivity contribution in [2.75, 3.05) is 7.11 Å². The standard InChI is InChI=1S/C27H22ClN3O4/c1-15-7-12-18(13-20(15)26(32)33)35-27-29-22-14-21(28)24(30-25(22)31-27)17-10-8-16(9-11-17)19-5-3-4-6-23(19)34-2/h3-14,21,24H,1-2H3,(H,32,33)(H,29,30,31). The summed E-state index contributed by atoms with van der Waals surface area (Å²) in [5.74, 6) is 0.161. The molecule has 0 saturated heterocycles. The molecule has 4 aromatic rings. The Labute approximate surface area is 206 Å². The van der Waals surface area contributed by atoms with Gasteiger partial charge in [0, 0.05) is 5.56 Å². The van der Waals surface area contributed by atoms with Crippen LogP contribution in [0.5, 0.6) is 17.5 Å². The third kappa shape index (κ3) is 4.50. The van der Waals surface area contributed by atoms with E-state index in [9.17, 15) is 9.90 Å². The van der Waals surface area contributed by atoms with Crippen molar-refractivity contribution in [3.8, 4) is 28.6 Å². The van der Waals surface area contributed by atoms with Gasteiger partial charge in [0.1, 0.15) is 11.5 Å². The lowest BCUT2D eigenvalue weighted by molar-refractivity contribution is 0.0695. The summed E-state index contributed by atoms with van der Waals surface area (Å²) in [7, 11) is 1.66. The van der Waals surface area contributed by atoms with Crippen LogP contribution in [-0.2, 0) is 0 Å². The molecule has 2 N–H and O–H groups in total. The first-order valence-electron chi connectivity index (χ1n) is 11.0. The van der Waals surface area contributed by atoms with Crippen molar-refractivity contribution in [1.82, 2.24) is 9.97 Å². The van der Waals surface area contributed by atoms with E-state index < -0.39 is 5.97 Å². The topological polar surface area (TPSA) is 96.8 Å². The number of aromatic nitrogens is 2. The molecule has 3 aromatic carbocycles. The number of aromatic carboxylic acids is 1. The molecule has 0 aliphatic carbocycles. The van der Waals surface area contributed by atoms with E-state index >= 15 is 0 Å². The summed E-state index contributed by atoms with van der Waals surface area (Å²) in [5, 5.41) is 9.62. The largest absolute Gasteiger partial charge is 0.496 e. The summed E-state index contributed by atoms with van der Waals surface area (Å²) in [6.07, 6.45) is 1.86. The minimum absolute atomic E-state index is 0.174. The Morgan fingerprint density at radius 1 is 1.09 bits per heavy atom. The second-order valence-corrected chi connectivity index (χ2v) is 8.67. The number of para-hydroxylation sites is 1. The van der Waals surface area contributed by atoms with Crippen molar-refractivity contribution in [3.05, 3.63) is 94.3 Å². The van der Waals surface area contributed by atoms with Gasteiger partial charge in [-0.05, 0) is 47.9 Å². The summed E-state index contributed by atoms with van der Waals surface area (Å²) in [6.45, 7) is 1.73. The fraction of sp³-hybridized carbons (Fsp3) is 0.148. The molecule has 1 aromatic heterocycles. The van der Waals surface area contributed by atoms with Gasteiger partial charge in [0.05, 0.1) is 29.4 Å². The highest BCUT2D eigenvalue weighted by Crippen LogP contribution is 2.33. The van der Waals surface area contributed by atoms with Gasteiger partial charge < -0.3 is 19.6 Å². The molecule has 2 unspecified atom stereocenters. The number of methoxy groups -OCH3 is 1. The van der Waals surface area contributed by atoms with Crippen molar-refractivity contribution in [2.45, 2.75) is 18.3 Å². The van der Waals surface area contributed by atoms with Crippen LogP contribution in [0.3, 0.4) is 0 Å². The van der Waals surface area contributed by atoms with E-state index in [2.05, 4.69) is 9.97 Å². The summed E-state index contributed by atoms with van der Waals surface area (Å²) in [4.78, 5) is 23.7. The summed E-state index contributed by atoms with van der Waals surface area (Å²) in [6, 6.07) is 20.7. The summed E-state index contributed by atoms with van der Waals surface area (Å²) >= 11 is 6.67. The molecule has 5 rings (SSSR count). The molecular weight excluding hydrogens is 466 g/mol. The second kappa shape index (κ2) is 9.27. The number of carboxylic acids is 1. The third-order valence-electron chi connectivity index (χ3n) is 5.90. The van der Waals surface area contributed by atoms with Crippen molar-refractivity contribution in [3.63, 3.8) is 0 Å². The summed E-state index contributed by atoms with van der Waals surface area (Å²) in [5.41, 5.74) is 4.31. The number of rotatable bonds is 6. The minimum Gasteiger partial charge on any atom is -0.496 e. The van der Waals surface area contributed by atoms with Gasteiger partial charge in [0.2, 0.25) is 0 Å². The van der Waals surface area contributed by atoms with Gasteiger partial charge in [0.25, 0.3) is 0 Å². The number of halogens is 1. The molecule has 2 atom stereocenters. The van der Waals surface area contributed by atoms with Crippen LogP contribution in [0.4, 0.5) is 0 Å². The Bertz CT molecular complexity index is 1530. The lowest BCUT2D eigenvalue weighted by Crippen LogP contribution is -2.33. The number of nitrogens with one attached hydrogen (secondary N) is 1. The van der Waals surface area contributed by atoms with E-state index in [1.807, 2.05) is 54.6 Å². The molecular formula is C27H22ClN3O4. The smallest absolute Gasteiger partial charge is 0.336 e. The van der Waals surface area contributed by atoms with Crippen LogP contribution in [0.25, 0.3) is 17.2 Å². The zero-order valence-electron chi connectivity index (χ0n) is 19.0. The molecule has 0 radical (unpaired) electrons. The third-order valence-corrected chi connectivity index (χ3v) is 6.27. The minimum atomic E-state index is -1.01. The molecule has 1 aliphatic rings. The number of carbonyl (C=O) groups is 1. The Kier molecular flexibility index (Phi) is 6.01. The van der Waals surface area contributed by atoms with E-state index in [0.717, 1.165) is 22.4 Å². The van der Waals surface area contributed by atoms with Crippen LogP contribution in [0.2, 0.25) is 0 Å². The first-order valence-corrected chi connectivity index (χ1v) is 11.4. The molecule has 0 amide bonds. The zero-order chi connectivity index (χ0) is 24.5. The van der Waals surface area contributed by atoms with Crippen LogP contribution in [0.15, 0.2) is 71.7 Å². The van der Waals surface area contributed by atoms with Crippen LogP contribution in [0, 0.1) is 6.92 Å². The van der Waals surface area contributed by atoms with Gasteiger partial charge in [-0.15, -0.1) is 11.6 Å². The molecule has 1 aliphatic heterocycles. The highest BCUT2D eigenvalue weighted by molar-refractivity contribution is 6.24. The monoisotopic (exact) mass is 487 g/mol. The number of nitrogens with zero attached hydrogens (tertiary/aromatic N) is 2. The number of ether oxygens (including phenoxy) is 2. The molecule has 0 spiro atoms. The molecule has 0 bridgehead atoms. The highest BCUT2D eigenvalue weighted by Gasteiger charge is 2.23. The van der Waals surface area contributed by atoms with E-state index in [-0.39, 0.29) is 23.0 Å². The Hall–Kier alpha value is -4.10. The molecule has 2 heterocycles. The normalized spacial score (nSPS) is 16.5. The SMILES string of the molecule is COc1ccccc1-c1ccc(C2N=c3nc(Oc4ccc(C)c(C(=O)O)c4)[nH]c3=CC2Cl)cc1. The van der Waals surface area contributed by atoms with Gasteiger partial charge in [-0.25, -0.2) is 4.79 Å². The first kappa shape index (κ1) is 22.7. The number of imidazole rings is 1. The van der Waals surface area contributed by atoms with E-state index in [0.29, 0.717) is 22.1 Å². The predicted octanol–water partition coefficient (Wildman–Crippen LogP) is 4.65. The fourth-order valence-corrected chi connectivity index (χ4v) is 4.41. The van der Waals surface area contributed by atoms with Crippen molar-refractivity contribution in [2.24, 2.45) is 4.99 Å². The van der Waals surface area contributed by atoms with Gasteiger partial charge in [-0.2, -0.15) is 4.98 Å². The summed E-state index contributed by atoms with van der Waals surface area (Å²) < 4.78 is 11.2. The molecule has 8 heteroatoms. The van der Waals surface area contributed by atoms with E-state index in [1.165, 1.54) is 6.07 Å². The average Bonchev–Trinajstić information content (AvgIpc) is 3.25. The number of alkyl halides is 1. The van der Waals surface area contributed by atoms with Gasteiger partial charge in [-0.1, -0.05) is 48.5 Å². The number of hydrogen-bond acceptors (Lipinski definition) is 5. The number of aryl methyl sites for hydroxylation is 1. The molecule has 0 fully saturated rings. The Morgan fingerprint density at radius 2 is 1.86 bits per heavy atom. The van der Waals surface area contributed by atoms with Gasteiger partial charge >= 0.3 is 12.0 Å². The second-order valence-electron chi connectivity index (χ2n) is 8.17. The van der Waals surface area contributed by atoms with Crippen molar-refractivity contribution in [1.29, 1.82) is 0 Å². The van der Waals surface area contributed by atoms with Crippen LogP contribution < -0.4 is 20.3 Å². The molecule has 0 saturated carbocycles. The van der Waals surface area contributed by atoms with Gasteiger partial charge in [0.15, 0.2) is 5.49 Å². The van der Waals surface area contributed by atoms with E-state index in [4.69, 9.17) is 26.1 Å². The number of hydrogen-bond donors (Lipinski definition) is 2. The maximum atomic E-state index is 11.4. The number of carboxylic acid groups (broad SMARTS) is 1. The van der Waals surface area contributed by atoms with Crippen LogP contribution in [0.1, 0.15) is 27.5 Å². The van der Waals surface area contributed by atoms with E-state index in [1.54, 1.807) is 26.2 Å². The Morgan fingerprint density at radius 3 is 2.60 bits per heavy atom. The first-order chi connectivity index (χ1) is 16.9. The highest BCUT2D eigenvalue weighted by atomic mass is 35.5. The number of aromatic amines is 1. The van der Waals surface area contributed by atoms with Crippen molar-refractivity contribution >= 4 is 23.6 Å². The van der Waals surface area contributed by atoms with Crippen LogP contribution >= 0.6 is 11.6 Å². The number of H-pyrrole nitrogens is 1. The number of benzene rings is 3. The maximum absolute atomic E-state index is 11.4.